The summed E-state index contributed by atoms with van der Waals surface area (Å²) in [5.74, 6) is -0.289. The molecule has 1 aromatic carbocycles. The summed E-state index contributed by atoms with van der Waals surface area (Å²) in [5.41, 5.74) is 0.987. The molecule has 2 aromatic rings. The van der Waals surface area contributed by atoms with E-state index in [4.69, 9.17) is 5.26 Å². The van der Waals surface area contributed by atoms with Gasteiger partial charge in [0, 0.05) is 24.8 Å². The number of nitriles is 1. The fraction of sp³-hybridized carbons (Fsp3) is 0.308. The summed E-state index contributed by atoms with van der Waals surface area (Å²) in [4.78, 5) is 0. The van der Waals surface area contributed by atoms with Gasteiger partial charge >= 0.3 is 0 Å². The molecular formula is C13H14FN5. The number of nitrogens with zero attached hydrogens (tertiary/aromatic N) is 4. The molecule has 1 N–H and O–H groups in total. The maximum absolute atomic E-state index is 13.5. The number of rotatable bonds is 6. The Morgan fingerprint density at radius 2 is 2.32 bits per heavy atom. The number of aromatic nitrogens is 3. The second kappa shape index (κ2) is 6.61. The molecule has 0 aliphatic rings. The topological polar surface area (TPSA) is 66.5 Å². The molecule has 0 amide bonds. The summed E-state index contributed by atoms with van der Waals surface area (Å²) >= 11 is 0. The van der Waals surface area contributed by atoms with E-state index in [1.54, 1.807) is 23.1 Å². The molecule has 2 rings (SSSR count). The molecule has 0 saturated carbocycles. The van der Waals surface area contributed by atoms with E-state index in [9.17, 15) is 4.39 Å². The van der Waals surface area contributed by atoms with Crippen molar-refractivity contribution in [3.63, 3.8) is 0 Å². The number of nitrogens with one attached hydrogen (secondary N) is 1. The average Bonchev–Trinajstić information content (AvgIpc) is 2.93. The molecule has 0 fully saturated rings. The molecule has 1 aromatic heterocycles. The lowest BCUT2D eigenvalue weighted by atomic mass is 10.1. The predicted molar refractivity (Wildman–Crippen MR) is 67.5 cm³/mol. The Balaban J connectivity index is 1.75. The minimum Gasteiger partial charge on any atom is -0.312 e. The predicted octanol–water partition coefficient (Wildman–Crippen LogP) is 1.47. The number of hydrogen-bond acceptors (Lipinski definition) is 4. The lowest BCUT2D eigenvalue weighted by molar-refractivity contribution is 0.523. The van der Waals surface area contributed by atoms with Crippen molar-refractivity contribution in [2.24, 2.45) is 0 Å². The third-order valence-electron chi connectivity index (χ3n) is 2.70. The van der Waals surface area contributed by atoms with E-state index < -0.39 is 0 Å². The quantitative estimate of drug-likeness (QED) is 0.798. The highest BCUT2D eigenvalue weighted by atomic mass is 19.1. The minimum atomic E-state index is -0.289. The van der Waals surface area contributed by atoms with Crippen LogP contribution >= 0.6 is 0 Å². The summed E-state index contributed by atoms with van der Waals surface area (Å²) in [7, 11) is 0. The monoisotopic (exact) mass is 259 g/mol. The van der Waals surface area contributed by atoms with Gasteiger partial charge in [-0.15, -0.1) is 5.10 Å². The molecule has 0 aliphatic carbocycles. The van der Waals surface area contributed by atoms with Crippen molar-refractivity contribution in [3.05, 3.63) is 47.5 Å². The molecule has 0 atom stereocenters. The van der Waals surface area contributed by atoms with Gasteiger partial charge in [0.25, 0.3) is 0 Å². The summed E-state index contributed by atoms with van der Waals surface area (Å²) in [5, 5.41) is 19.5. The van der Waals surface area contributed by atoms with Gasteiger partial charge in [-0.05, 0) is 31.2 Å². The highest BCUT2D eigenvalue weighted by molar-refractivity contribution is 5.33. The van der Waals surface area contributed by atoms with Gasteiger partial charge in [0.1, 0.15) is 5.82 Å². The zero-order valence-electron chi connectivity index (χ0n) is 10.4. The Labute approximate surface area is 110 Å². The Kier molecular flexibility index (Phi) is 4.59. The number of aryl methyl sites for hydroxylation is 1. The summed E-state index contributed by atoms with van der Waals surface area (Å²) in [6.07, 6.45) is 4.31. The van der Waals surface area contributed by atoms with E-state index in [2.05, 4.69) is 15.6 Å². The Morgan fingerprint density at radius 3 is 3.05 bits per heavy atom. The molecule has 6 heteroatoms. The first kappa shape index (κ1) is 13.2. The van der Waals surface area contributed by atoms with Crippen LogP contribution in [0.5, 0.6) is 0 Å². The van der Waals surface area contributed by atoms with Crippen LogP contribution in [-0.4, -0.2) is 21.5 Å². The van der Waals surface area contributed by atoms with Gasteiger partial charge in [0.2, 0.25) is 0 Å². The van der Waals surface area contributed by atoms with Crippen LogP contribution in [0.3, 0.4) is 0 Å². The highest BCUT2D eigenvalue weighted by Gasteiger charge is 2.03. The molecule has 0 aliphatic heterocycles. The van der Waals surface area contributed by atoms with Crippen LogP contribution in [0, 0.1) is 17.1 Å². The van der Waals surface area contributed by atoms with Gasteiger partial charge in [0.05, 0.1) is 17.8 Å². The third-order valence-corrected chi connectivity index (χ3v) is 2.70. The molecule has 0 unspecified atom stereocenters. The normalized spacial score (nSPS) is 10.3. The number of halogens is 1. The Bertz CT molecular complexity index is 559. The van der Waals surface area contributed by atoms with Crippen LogP contribution < -0.4 is 5.32 Å². The molecule has 19 heavy (non-hydrogen) atoms. The van der Waals surface area contributed by atoms with Gasteiger partial charge in [0.15, 0.2) is 0 Å². The van der Waals surface area contributed by atoms with E-state index in [0.717, 1.165) is 19.5 Å². The van der Waals surface area contributed by atoms with Crippen molar-refractivity contribution in [1.82, 2.24) is 20.3 Å². The first-order chi connectivity index (χ1) is 9.29. The van der Waals surface area contributed by atoms with Crippen LogP contribution in [0.25, 0.3) is 0 Å². The van der Waals surface area contributed by atoms with Crippen molar-refractivity contribution in [2.45, 2.75) is 19.5 Å². The lowest BCUT2D eigenvalue weighted by Crippen LogP contribution is -2.17. The van der Waals surface area contributed by atoms with Crippen LogP contribution in [-0.2, 0) is 13.1 Å². The molecule has 0 radical (unpaired) electrons. The van der Waals surface area contributed by atoms with E-state index in [-0.39, 0.29) is 5.82 Å². The summed E-state index contributed by atoms with van der Waals surface area (Å²) in [6.45, 7) is 1.93. The van der Waals surface area contributed by atoms with Gasteiger partial charge in [-0.1, -0.05) is 5.21 Å². The SMILES string of the molecule is N#Cc1ccc(F)c(CNCCCn2ccnn2)c1. The summed E-state index contributed by atoms with van der Waals surface area (Å²) < 4.78 is 15.2. The molecule has 5 nitrogen and oxygen atoms in total. The van der Waals surface area contributed by atoms with Gasteiger partial charge in [-0.3, -0.25) is 4.68 Å². The van der Waals surface area contributed by atoms with Crippen molar-refractivity contribution < 1.29 is 4.39 Å². The largest absolute Gasteiger partial charge is 0.312 e. The molecule has 0 saturated heterocycles. The van der Waals surface area contributed by atoms with Crippen LogP contribution in [0.15, 0.2) is 30.6 Å². The smallest absolute Gasteiger partial charge is 0.127 e. The maximum atomic E-state index is 13.5. The van der Waals surface area contributed by atoms with E-state index in [1.807, 2.05) is 6.07 Å². The fourth-order valence-corrected chi connectivity index (χ4v) is 1.72. The highest BCUT2D eigenvalue weighted by Crippen LogP contribution is 2.09. The number of benzene rings is 1. The second-order valence-corrected chi connectivity index (χ2v) is 4.11. The first-order valence-corrected chi connectivity index (χ1v) is 6.03. The molecule has 1 heterocycles. The van der Waals surface area contributed by atoms with Gasteiger partial charge < -0.3 is 5.32 Å². The minimum absolute atomic E-state index is 0.289. The van der Waals surface area contributed by atoms with Crippen LogP contribution in [0.2, 0.25) is 0 Å². The average molecular weight is 259 g/mol. The standard InChI is InChI=1S/C13H14FN5/c14-13-3-2-11(9-15)8-12(13)10-16-4-1-6-19-7-5-17-18-19/h2-3,5,7-8,16H,1,4,6,10H2. The van der Waals surface area contributed by atoms with Crippen molar-refractivity contribution in [1.29, 1.82) is 5.26 Å². The van der Waals surface area contributed by atoms with Crippen molar-refractivity contribution in [2.75, 3.05) is 6.54 Å². The van der Waals surface area contributed by atoms with Crippen molar-refractivity contribution >= 4 is 0 Å². The van der Waals surface area contributed by atoms with Crippen LogP contribution in [0.1, 0.15) is 17.5 Å². The fourth-order valence-electron chi connectivity index (χ4n) is 1.72. The second-order valence-electron chi connectivity index (χ2n) is 4.11. The van der Waals surface area contributed by atoms with Gasteiger partial charge in [-0.25, -0.2) is 4.39 Å². The molecule has 98 valence electrons. The first-order valence-electron chi connectivity index (χ1n) is 6.03. The van der Waals surface area contributed by atoms with E-state index in [0.29, 0.717) is 17.7 Å². The number of hydrogen-bond donors (Lipinski definition) is 1. The zero-order valence-corrected chi connectivity index (χ0v) is 10.4. The zero-order chi connectivity index (χ0) is 13.5. The molecule has 0 bridgehead atoms. The molecule has 0 spiro atoms. The van der Waals surface area contributed by atoms with E-state index in [1.165, 1.54) is 12.1 Å². The summed E-state index contributed by atoms with van der Waals surface area (Å²) in [6, 6.07) is 6.37. The molecular weight excluding hydrogens is 245 g/mol. The van der Waals surface area contributed by atoms with Crippen LogP contribution in [0.4, 0.5) is 4.39 Å². The van der Waals surface area contributed by atoms with Gasteiger partial charge in [-0.2, -0.15) is 5.26 Å². The van der Waals surface area contributed by atoms with E-state index >= 15 is 0 Å². The maximum Gasteiger partial charge on any atom is 0.127 e. The third kappa shape index (κ3) is 3.86. The lowest BCUT2D eigenvalue weighted by Gasteiger charge is -2.06. The Hall–Kier alpha value is -2.26. The Morgan fingerprint density at radius 1 is 1.42 bits per heavy atom. The van der Waals surface area contributed by atoms with Crippen molar-refractivity contribution in [3.8, 4) is 6.07 Å².